The van der Waals surface area contributed by atoms with Crippen molar-refractivity contribution in [2.75, 3.05) is 39.9 Å². The van der Waals surface area contributed by atoms with Gasteiger partial charge in [0.25, 0.3) is 0 Å². The summed E-state index contributed by atoms with van der Waals surface area (Å²) in [5.41, 5.74) is 1.20. The van der Waals surface area contributed by atoms with Gasteiger partial charge in [0.1, 0.15) is 18.2 Å². The van der Waals surface area contributed by atoms with Crippen molar-refractivity contribution in [3.8, 4) is 5.75 Å². The molecule has 2 aromatic carbocycles. The molecule has 0 saturated carbocycles. The van der Waals surface area contributed by atoms with Crippen molar-refractivity contribution in [1.82, 2.24) is 10.2 Å². The Bertz CT molecular complexity index is 754. The van der Waals surface area contributed by atoms with Gasteiger partial charge in [0, 0.05) is 32.1 Å². The Balaban J connectivity index is 1.34. The number of halogens is 1. The van der Waals surface area contributed by atoms with Gasteiger partial charge in [0.2, 0.25) is 0 Å². The van der Waals surface area contributed by atoms with Crippen LogP contribution in [0, 0.1) is 11.7 Å². The average molecular weight is 385 g/mol. The summed E-state index contributed by atoms with van der Waals surface area (Å²) in [6.07, 6.45) is 1.09. The Morgan fingerprint density at radius 1 is 1.21 bits per heavy atom. The maximum atomic E-state index is 13.2. The van der Waals surface area contributed by atoms with Crippen LogP contribution in [0.15, 0.2) is 59.6 Å². The molecule has 1 saturated heterocycles. The maximum absolute atomic E-state index is 13.2. The van der Waals surface area contributed by atoms with Crippen molar-refractivity contribution in [3.63, 3.8) is 0 Å². The molecule has 0 aliphatic carbocycles. The number of hydrogen-bond donors (Lipinski definition) is 1. The third kappa shape index (κ3) is 6.23. The minimum Gasteiger partial charge on any atom is -0.492 e. The number of nitrogens with one attached hydrogen (secondary N) is 1. The standard InChI is InChI=1S/C22H28FN3O2/c1-24-22(25-11-13-28-21-9-5-8-20(23)14-21)26-12-10-19(15-26)17-27-16-18-6-3-2-4-7-18/h2-9,14,19H,10-13,15-17H2,1H3,(H,24,25). The monoisotopic (exact) mass is 385 g/mol. The van der Waals surface area contributed by atoms with Gasteiger partial charge in [-0.15, -0.1) is 0 Å². The Hall–Kier alpha value is -2.60. The van der Waals surface area contributed by atoms with Crippen LogP contribution in [0.1, 0.15) is 12.0 Å². The van der Waals surface area contributed by atoms with Gasteiger partial charge < -0.3 is 19.7 Å². The molecule has 1 atom stereocenters. The highest BCUT2D eigenvalue weighted by molar-refractivity contribution is 5.80. The molecule has 1 N–H and O–H groups in total. The Morgan fingerprint density at radius 3 is 2.86 bits per heavy atom. The molecular weight excluding hydrogens is 357 g/mol. The molecule has 0 aromatic heterocycles. The first-order valence-electron chi connectivity index (χ1n) is 9.70. The second kappa shape index (κ2) is 10.7. The van der Waals surface area contributed by atoms with Crippen molar-refractivity contribution >= 4 is 5.96 Å². The number of likely N-dealkylation sites (tertiary alicyclic amines) is 1. The van der Waals surface area contributed by atoms with Crippen LogP contribution in [0.4, 0.5) is 4.39 Å². The maximum Gasteiger partial charge on any atom is 0.193 e. The van der Waals surface area contributed by atoms with Crippen LogP contribution in [0.2, 0.25) is 0 Å². The van der Waals surface area contributed by atoms with Gasteiger partial charge in [0.05, 0.1) is 19.8 Å². The first-order valence-corrected chi connectivity index (χ1v) is 9.70. The second-order valence-electron chi connectivity index (χ2n) is 6.88. The molecule has 1 fully saturated rings. The van der Waals surface area contributed by atoms with E-state index in [0.717, 1.165) is 32.1 Å². The minimum atomic E-state index is -0.293. The number of hydrogen-bond acceptors (Lipinski definition) is 3. The number of guanidine groups is 1. The number of nitrogens with zero attached hydrogens (tertiary/aromatic N) is 2. The summed E-state index contributed by atoms with van der Waals surface area (Å²) in [6.45, 7) is 4.35. The van der Waals surface area contributed by atoms with Crippen LogP contribution in [-0.4, -0.2) is 50.8 Å². The zero-order valence-corrected chi connectivity index (χ0v) is 16.3. The molecule has 1 aliphatic rings. The molecule has 3 rings (SSSR count). The van der Waals surface area contributed by atoms with Crippen LogP contribution < -0.4 is 10.1 Å². The highest BCUT2D eigenvalue weighted by Crippen LogP contribution is 2.17. The van der Waals surface area contributed by atoms with Crippen LogP contribution in [-0.2, 0) is 11.3 Å². The summed E-state index contributed by atoms with van der Waals surface area (Å²) in [5, 5.41) is 3.32. The number of benzene rings is 2. The normalized spacial score (nSPS) is 17.0. The summed E-state index contributed by atoms with van der Waals surface area (Å²) in [7, 11) is 1.79. The zero-order chi connectivity index (χ0) is 19.6. The minimum absolute atomic E-state index is 0.293. The van der Waals surface area contributed by atoms with E-state index in [0.29, 0.717) is 31.4 Å². The van der Waals surface area contributed by atoms with Crippen LogP contribution in [0.3, 0.4) is 0 Å². The molecule has 0 spiro atoms. The Kier molecular flexibility index (Phi) is 7.67. The molecule has 1 unspecified atom stereocenters. The summed E-state index contributed by atoms with van der Waals surface area (Å²) < 4.78 is 24.6. The highest BCUT2D eigenvalue weighted by Gasteiger charge is 2.24. The van der Waals surface area contributed by atoms with Gasteiger partial charge in [-0.3, -0.25) is 4.99 Å². The molecular formula is C22H28FN3O2. The number of rotatable bonds is 8. The first-order chi connectivity index (χ1) is 13.7. The van der Waals surface area contributed by atoms with Crippen molar-refractivity contribution in [3.05, 3.63) is 66.0 Å². The van der Waals surface area contributed by atoms with E-state index < -0.39 is 0 Å². The van der Waals surface area contributed by atoms with Crippen molar-refractivity contribution in [2.45, 2.75) is 13.0 Å². The Labute approximate surface area is 166 Å². The lowest BCUT2D eigenvalue weighted by molar-refractivity contribution is 0.0906. The van der Waals surface area contributed by atoms with Crippen LogP contribution >= 0.6 is 0 Å². The summed E-state index contributed by atoms with van der Waals surface area (Å²) in [4.78, 5) is 6.61. The van der Waals surface area contributed by atoms with Crippen molar-refractivity contribution in [2.24, 2.45) is 10.9 Å². The fourth-order valence-corrected chi connectivity index (χ4v) is 3.30. The number of aliphatic imine (C=N–C) groups is 1. The predicted molar refractivity (Wildman–Crippen MR) is 109 cm³/mol. The molecule has 0 radical (unpaired) electrons. The fourth-order valence-electron chi connectivity index (χ4n) is 3.30. The van der Waals surface area contributed by atoms with E-state index >= 15 is 0 Å². The van der Waals surface area contributed by atoms with Gasteiger partial charge in [-0.1, -0.05) is 36.4 Å². The second-order valence-corrected chi connectivity index (χ2v) is 6.88. The van der Waals surface area contributed by atoms with Gasteiger partial charge in [-0.05, 0) is 24.1 Å². The lowest BCUT2D eigenvalue weighted by atomic mass is 10.1. The zero-order valence-electron chi connectivity index (χ0n) is 16.3. The van der Waals surface area contributed by atoms with Gasteiger partial charge in [0.15, 0.2) is 5.96 Å². The lowest BCUT2D eigenvalue weighted by Gasteiger charge is -2.21. The molecule has 28 heavy (non-hydrogen) atoms. The van der Waals surface area contributed by atoms with Gasteiger partial charge >= 0.3 is 0 Å². The average Bonchev–Trinajstić information content (AvgIpc) is 3.17. The van der Waals surface area contributed by atoms with E-state index in [1.807, 2.05) is 18.2 Å². The van der Waals surface area contributed by atoms with E-state index in [-0.39, 0.29) is 5.82 Å². The fraction of sp³-hybridized carbons (Fsp3) is 0.409. The summed E-state index contributed by atoms with van der Waals surface area (Å²) in [5.74, 6) is 1.62. The van der Waals surface area contributed by atoms with E-state index in [4.69, 9.17) is 9.47 Å². The number of ether oxygens (including phenoxy) is 2. The van der Waals surface area contributed by atoms with E-state index in [1.165, 1.54) is 17.7 Å². The molecule has 1 heterocycles. The van der Waals surface area contributed by atoms with Crippen LogP contribution in [0.25, 0.3) is 0 Å². The third-order valence-electron chi connectivity index (χ3n) is 4.71. The quantitative estimate of drug-likeness (QED) is 0.430. The largest absolute Gasteiger partial charge is 0.492 e. The molecule has 1 aliphatic heterocycles. The van der Waals surface area contributed by atoms with Crippen molar-refractivity contribution in [1.29, 1.82) is 0 Å². The lowest BCUT2D eigenvalue weighted by Crippen LogP contribution is -2.41. The third-order valence-corrected chi connectivity index (χ3v) is 4.71. The van der Waals surface area contributed by atoms with E-state index in [2.05, 4.69) is 27.3 Å². The highest BCUT2D eigenvalue weighted by atomic mass is 19.1. The van der Waals surface area contributed by atoms with Gasteiger partial charge in [-0.2, -0.15) is 0 Å². The van der Waals surface area contributed by atoms with Crippen molar-refractivity contribution < 1.29 is 13.9 Å². The molecule has 2 aromatic rings. The predicted octanol–water partition coefficient (Wildman–Crippen LogP) is 3.32. The van der Waals surface area contributed by atoms with E-state index in [9.17, 15) is 4.39 Å². The molecule has 0 bridgehead atoms. The Morgan fingerprint density at radius 2 is 2.07 bits per heavy atom. The summed E-state index contributed by atoms with van der Waals surface area (Å²) in [6, 6.07) is 16.4. The first kappa shape index (κ1) is 20.1. The SMILES string of the molecule is CN=C(NCCOc1cccc(F)c1)N1CCC(COCc2ccccc2)C1. The van der Waals surface area contributed by atoms with E-state index in [1.54, 1.807) is 19.2 Å². The molecule has 150 valence electrons. The van der Waals surface area contributed by atoms with Crippen LogP contribution in [0.5, 0.6) is 5.75 Å². The van der Waals surface area contributed by atoms with Gasteiger partial charge in [-0.25, -0.2) is 4.39 Å². The molecule has 5 nitrogen and oxygen atoms in total. The smallest absolute Gasteiger partial charge is 0.193 e. The summed E-state index contributed by atoms with van der Waals surface area (Å²) >= 11 is 0. The molecule has 0 amide bonds. The molecule has 6 heteroatoms. The topological polar surface area (TPSA) is 46.1 Å².